The minimum Gasteiger partial charge on any atom is -0.462 e. The highest BCUT2D eigenvalue weighted by Gasteiger charge is 2.26. The molecule has 0 rings (SSSR count). The lowest BCUT2D eigenvalue weighted by Crippen LogP contribution is -2.29. The quantitative estimate of drug-likeness (QED) is 0.0264. The molecule has 0 spiro atoms. The van der Waals surface area contributed by atoms with E-state index in [2.05, 4.69) is 98.9 Å². The smallest absolute Gasteiger partial charge is 0.462 e. The predicted molar refractivity (Wildman–Crippen MR) is 302 cm³/mol. The second-order valence-electron chi connectivity index (χ2n) is 18.7. The third-order valence-corrected chi connectivity index (χ3v) is 13.0. The third kappa shape index (κ3) is 56.1. The fourth-order valence-corrected chi connectivity index (χ4v) is 8.58. The van der Waals surface area contributed by atoms with Crippen molar-refractivity contribution in [2.45, 2.75) is 251 Å². The normalized spacial score (nSPS) is 13.8. The highest BCUT2D eigenvalue weighted by atomic mass is 31.2. The van der Waals surface area contributed by atoms with Crippen molar-refractivity contribution in [2.24, 2.45) is 5.73 Å². The molecule has 0 aromatic carbocycles. The molecule has 9 nitrogen and oxygen atoms in total. The van der Waals surface area contributed by atoms with Gasteiger partial charge in [0, 0.05) is 19.4 Å². The number of phosphoric acid groups is 1. The maximum Gasteiger partial charge on any atom is 0.472 e. The first-order valence-corrected chi connectivity index (χ1v) is 30.2. The summed E-state index contributed by atoms with van der Waals surface area (Å²) < 4.78 is 32.8. The second-order valence-corrected chi connectivity index (χ2v) is 20.2. The van der Waals surface area contributed by atoms with Gasteiger partial charge in [0.2, 0.25) is 0 Å². The summed E-state index contributed by atoms with van der Waals surface area (Å²) in [6.45, 7) is 3.43. The van der Waals surface area contributed by atoms with Crippen molar-refractivity contribution in [3.63, 3.8) is 0 Å². The molecule has 0 aliphatic heterocycles. The van der Waals surface area contributed by atoms with Crippen LogP contribution < -0.4 is 5.73 Å². The second kappa shape index (κ2) is 56.2. The number of unbranched alkanes of at least 4 members (excludes halogenated alkanes) is 24. The first-order valence-electron chi connectivity index (χ1n) is 28.7. The van der Waals surface area contributed by atoms with E-state index in [1.807, 2.05) is 12.2 Å². The third-order valence-electron chi connectivity index (χ3n) is 12.0. The van der Waals surface area contributed by atoms with Crippen molar-refractivity contribution < 1.29 is 37.6 Å². The number of ether oxygens (including phenoxy) is 2. The van der Waals surface area contributed by atoms with Crippen molar-refractivity contribution in [1.29, 1.82) is 0 Å². The van der Waals surface area contributed by atoms with Gasteiger partial charge in [-0.15, -0.1) is 0 Å². The van der Waals surface area contributed by atoms with Crippen molar-refractivity contribution >= 4 is 19.8 Å². The summed E-state index contributed by atoms with van der Waals surface area (Å²) in [5.74, 6) is -0.920. The van der Waals surface area contributed by atoms with Crippen LogP contribution in [0.1, 0.15) is 245 Å². The van der Waals surface area contributed by atoms with Crippen LogP contribution in [-0.2, 0) is 32.7 Å². The lowest BCUT2D eigenvalue weighted by atomic mass is 10.0. The molecular formula is C61H106NO8P. The van der Waals surface area contributed by atoms with Crippen LogP contribution >= 0.6 is 7.82 Å². The van der Waals surface area contributed by atoms with Gasteiger partial charge in [0.15, 0.2) is 6.10 Å². The van der Waals surface area contributed by atoms with E-state index in [4.69, 9.17) is 24.3 Å². The number of hydrogen-bond donors (Lipinski definition) is 2. The Morgan fingerprint density at radius 3 is 1.14 bits per heavy atom. The summed E-state index contributed by atoms with van der Waals surface area (Å²) in [6.07, 6.45) is 75.2. The lowest BCUT2D eigenvalue weighted by Gasteiger charge is -2.19. The van der Waals surface area contributed by atoms with E-state index in [0.717, 1.165) is 70.6 Å². The molecule has 10 heteroatoms. The van der Waals surface area contributed by atoms with Gasteiger partial charge in [0.1, 0.15) is 6.61 Å². The molecule has 0 heterocycles. The summed E-state index contributed by atoms with van der Waals surface area (Å²) >= 11 is 0. The number of carbonyl (C=O) groups excluding carboxylic acids is 2. The monoisotopic (exact) mass is 1010 g/mol. The Hall–Kier alpha value is -3.07. The molecule has 0 aliphatic rings. The zero-order valence-corrected chi connectivity index (χ0v) is 46.3. The molecule has 0 aromatic heterocycles. The molecular weight excluding hydrogens is 906 g/mol. The maximum atomic E-state index is 12.7. The van der Waals surface area contributed by atoms with Crippen LogP contribution in [0.2, 0.25) is 0 Å². The van der Waals surface area contributed by atoms with E-state index < -0.39 is 32.5 Å². The molecule has 0 bridgehead atoms. The fourth-order valence-electron chi connectivity index (χ4n) is 7.82. The summed E-state index contributed by atoms with van der Waals surface area (Å²) in [7, 11) is -4.40. The highest BCUT2D eigenvalue weighted by Crippen LogP contribution is 2.43. The van der Waals surface area contributed by atoms with Crippen LogP contribution in [0.3, 0.4) is 0 Å². The number of esters is 2. The van der Waals surface area contributed by atoms with E-state index in [-0.39, 0.29) is 32.6 Å². The van der Waals surface area contributed by atoms with Crippen molar-refractivity contribution in [1.82, 2.24) is 0 Å². The number of rotatable bonds is 53. The molecule has 0 radical (unpaired) electrons. The summed E-state index contributed by atoms with van der Waals surface area (Å²) in [4.78, 5) is 35.0. The van der Waals surface area contributed by atoms with Crippen molar-refractivity contribution in [3.05, 3.63) is 97.2 Å². The Bertz CT molecular complexity index is 1480. The molecule has 0 aromatic rings. The highest BCUT2D eigenvalue weighted by molar-refractivity contribution is 7.47. The number of nitrogens with two attached hydrogens (primary N) is 1. The van der Waals surface area contributed by atoms with Gasteiger partial charge in [-0.2, -0.15) is 0 Å². The molecule has 2 unspecified atom stereocenters. The zero-order valence-electron chi connectivity index (χ0n) is 45.4. The van der Waals surface area contributed by atoms with Gasteiger partial charge in [-0.05, 0) is 77.0 Å². The molecule has 2 atom stereocenters. The zero-order chi connectivity index (χ0) is 51.7. The molecule has 408 valence electrons. The van der Waals surface area contributed by atoms with E-state index in [0.29, 0.717) is 12.8 Å². The minimum atomic E-state index is -4.40. The minimum absolute atomic E-state index is 0.0422. The van der Waals surface area contributed by atoms with Crippen molar-refractivity contribution in [2.75, 3.05) is 26.4 Å². The van der Waals surface area contributed by atoms with Gasteiger partial charge in [-0.25, -0.2) is 4.57 Å². The number of hydrogen-bond acceptors (Lipinski definition) is 8. The van der Waals surface area contributed by atoms with Gasteiger partial charge in [0.05, 0.1) is 13.2 Å². The molecule has 0 amide bonds. The molecule has 3 N–H and O–H groups in total. The van der Waals surface area contributed by atoms with E-state index in [1.165, 1.54) is 135 Å². The van der Waals surface area contributed by atoms with E-state index >= 15 is 0 Å². The summed E-state index contributed by atoms with van der Waals surface area (Å²) in [6, 6.07) is 0. The average molecular weight is 1010 g/mol. The van der Waals surface area contributed by atoms with Crippen molar-refractivity contribution in [3.8, 4) is 0 Å². The van der Waals surface area contributed by atoms with Crippen LogP contribution in [0.4, 0.5) is 0 Å². The van der Waals surface area contributed by atoms with Gasteiger partial charge in [-0.3, -0.25) is 18.6 Å². The van der Waals surface area contributed by atoms with Crippen LogP contribution in [0.5, 0.6) is 0 Å². The Kier molecular flexibility index (Phi) is 53.8. The maximum absolute atomic E-state index is 12.7. The number of carbonyl (C=O) groups is 2. The average Bonchev–Trinajstić information content (AvgIpc) is 3.36. The largest absolute Gasteiger partial charge is 0.472 e. The number of phosphoric ester groups is 1. The van der Waals surface area contributed by atoms with Crippen LogP contribution in [0.25, 0.3) is 0 Å². The topological polar surface area (TPSA) is 134 Å². The van der Waals surface area contributed by atoms with E-state index in [9.17, 15) is 19.0 Å². The van der Waals surface area contributed by atoms with Gasteiger partial charge in [-0.1, -0.05) is 252 Å². The molecule has 71 heavy (non-hydrogen) atoms. The van der Waals surface area contributed by atoms with Crippen LogP contribution in [0, 0.1) is 0 Å². The van der Waals surface area contributed by atoms with Gasteiger partial charge in [0.25, 0.3) is 0 Å². The first kappa shape index (κ1) is 67.9. The van der Waals surface area contributed by atoms with Gasteiger partial charge >= 0.3 is 19.8 Å². The van der Waals surface area contributed by atoms with Gasteiger partial charge < -0.3 is 20.1 Å². The first-order chi connectivity index (χ1) is 34.8. The molecule has 0 aliphatic carbocycles. The Labute approximate surface area is 436 Å². The lowest BCUT2D eigenvalue weighted by molar-refractivity contribution is -0.161. The summed E-state index contributed by atoms with van der Waals surface area (Å²) in [5.41, 5.74) is 5.36. The Balaban J connectivity index is 3.83. The molecule has 0 fully saturated rings. The Morgan fingerprint density at radius 1 is 0.423 bits per heavy atom. The van der Waals surface area contributed by atoms with Crippen LogP contribution in [0.15, 0.2) is 97.2 Å². The Morgan fingerprint density at radius 2 is 0.761 bits per heavy atom. The van der Waals surface area contributed by atoms with E-state index in [1.54, 1.807) is 0 Å². The summed E-state index contributed by atoms with van der Waals surface area (Å²) in [5, 5.41) is 0. The van der Waals surface area contributed by atoms with Crippen LogP contribution in [-0.4, -0.2) is 49.3 Å². The fraction of sp³-hybridized carbons (Fsp3) is 0.705. The number of allylic oxidation sites excluding steroid dienone is 16. The SMILES string of the molecule is CC/C=C\C/C=C\C/C=C\C/C=C\CCCCCCCCCCCCCCCCCCCCCCCCCCC(=O)OC(COC(=O)CC/C=C\C/C=C\C/C=C\C/C=C\CC)COP(=O)(O)OCCN. The molecule has 0 saturated heterocycles. The molecule has 0 saturated carbocycles. The standard InChI is InChI=1S/C61H106NO8P/c1-3-5-7-9-11-13-15-17-18-19-20-21-22-23-24-25-26-27-28-29-30-31-32-33-34-35-36-37-38-39-40-42-44-46-48-50-52-54-61(64)70-59(58-69-71(65,66)68-56-55-62)57-67-60(63)53-51-49-47-45-43-41-16-14-12-10-8-6-4-2/h5-8,11-14,17-18,20-21,41,43,47,49,59H,3-4,9-10,15-16,19,22-40,42,44-46,48,50-58,62H2,1-2H3,(H,65,66)/b7-5-,8-6-,13-11-,14-12-,18-17-,21-20-,43-41-,49-47-. The predicted octanol–water partition coefficient (Wildman–Crippen LogP) is 18.1.